The highest BCUT2D eigenvalue weighted by Gasteiger charge is 2.04. The summed E-state index contributed by atoms with van der Waals surface area (Å²) < 4.78 is 0. The Morgan fingerprint density at radius 1 is 0.389 bits per heavy atom. The predicted octanol–water partition coefficient (Wildman–Crippen LogP) is 8.29. The van der Waals surface area contributed by atoms with Gasteiger partial charge in [0.25, 0.3) is 0 Å². The second-order valence-electron chi connectivity index (χ2n) is 11.4. The van der Waals surface area contributed by atoms with E-state index in [4.69, 9.17) is 0 Å². The first-order valence-electron chi connectivity index (χ1n) is 16.5. The summed E-state index contributed by atoms with van der Waals surface area (Å²) in [5.41, 5.74) is 0. The Balaban J connectivity index is 3.21. The van der Waals surface area contributed by atoms with Crippen molar-refractivity contribution in [2.24, 2.45) is 0 Å². The summed E-state index contributed by atoms with van der Waals surface area (Å²) in [7, 11) is 0. The van der Waals surface area contributed by atoms with Crippen LogP contribution in [0.3, 0.4) is 0 Å². The van der Waals surface area contributed by atoms with Crippen molar-refractivity contribution in [1.29, 1.82) is 0 Å². The number of nitrogens with one attached hydrogen (secondary N) is 2. The van der Waals surface area contributed by atoms with Gasteiger partial charge in [-0.1, -0.05) is 142 Å². The molecule has 0 fully saturated rings. The zero-order valence-electron chi connectivity index (χ0n) is 24.8. The largest absolute Gasteiger partial charge is 0.392 e. The standard InChI is InChI=1S/C32H68N2O2/c1-3-5-7-9-11-13-17-21-25-31(35)29-33-27-23-19-15-16-20-24-28-34-30-32(36)26-22-18-14-12-10-8-6-4-2/h31-36H,3-30H2,1-2H3. The van der Waals surface area contributed by atoms with Gasteiger partial charge in [0, 0.05) is 13.1 Å². The summed E-state index contributed by atoms with van der Waals surface area (Å²) in [5, 5.41) is 27.1. The van der Waals surface area contributed by atoms with Gasteiger partial charge in [0.05, 0.1) is 12.2 Å². The topological polar surface area (TPSA) is 64.5 Å². The van der Waals surface area contributed by atoms with E-state index in [0.717, 1.165) is 39.0 Å². The molecule has 0 rings (SSSR count). The van der Waals surface area contributed by atoms with Gasteiger partial charge < -0.3 is 20.8 Å². The Morgan fingerprint density at radius 3 is 1.00 bits per heavy atom. The van der Waals surface area contributed by atoms with Gasteiger partial charge in [-0.05, 0) is 38.8 Å². The minimum atomic E-state index is -0.170. The first-order chi connectivity index (χ1) is 17.7. The van der Waals surface area contributed by atoms with E-state index in [0.29, 0.717) is 0 Å². The summed E-state index contributed by atoms with van der Waals surface area (Å²) in [6, 6.07) is 0. The molecule has 0 heterocycles. The minimum absolute atomic E-state index is 0.170. The second-order valence-corrected chi connectivity index (χ2v) is 11.4. The van der Waals surface area contributed by atoms with E-state index < -0.39 is 0 Å². The number of unbranched alkanes of at least 4 members (excludes halogenated alkanes) is 19. The van der Waals surface area contributed by atoms with Crippen LogP contribution in [0.4, 0.5) is 0 Å². The molecule has 0 saturated heterocycles. The second kappa shape index (κ2) is 31.1. The third-order valence-corrected chi connectivity index (χ3v) is 7.50. The molecule has 0 amide bonds. The fourth-order valence-corrected chi connectivity index (χ4v) is 4.98. The highest BCUT2D eigenvalue weighted by atomic mass is 16.3. The van der Waals surface area contributed by atoms with Crippen molar-refractivity contribution in [3.05, 3.63) is 0 Å². The van der Waals surface area contributed by atoms with Gasteiger partial charge in [-0.25, -0.2) is 0 Å². The highest BCUT2D eigenvalue weighted by Crippen LogP contribution is 2.12. The molecule has 0 spiro atoms. The number of rotatable bonds is 31. The molecule has 0 aliphatic rings. The lowest BCUT2D eigenvalue weighted by atomic mass is 10.1. The third-order valence-electron chi connectivity index (χ3n) is 7.50. The SMILES string of the molecule is CCCCCCCCCCC(O)CNCCCCCCCCNCC(O)CCCCCCCCCC. The van der Waals surface area contributed by atoms with E-state index in [1.807, 2.05) is 0 Å². The molecule has 4 heteroatoms. The summed E-state index contributed by atoms with van der Waals surface area (Å²) in [5.74, 6) is 0. The zero-order valence-corrected chi connectivity index (χ0v) is 24.8. The van der Waals surface area contributed by atoms with Crippen LogP contribution in [-0.4, -0.2) is 48.6 Å². The quantitative estimate of drug-likeness (QED) is 0.0705. The monoisotopic (exact) mass is 513 g/mol. The maximum absolute atomic E-state index is 10.1. The Kier molecular flexibility index (Phi) is 30.9. The molecule has 0 aliphatic heterocycles. The van der Waals surface area contributed by atoms with Crippen LogP contribution in [0.1, 0.15) is 168 Å². The first kappa shape index (κ1) is 35.8. The molecule has 0 aliphatic carbocycles. The highest BCUT2D eigenvalue weighted by molar-refractivity contribution is 4.62. The van der Waals surface area contributed by atoms with Gasteiger partial charge in [-0.3, -0.25) is 0 Å². The molecule has 0 aromatic carbocycles. The third kappa shape index (κ3) is 30.1. The minimum Gasteiger partial charge on any atom is -0.392 e. The molecule has 2 atom stereocenters. The number of hydrogen-bond donors (Lipinski definition) is 4. The molecule has 36 heavy (non-hydrogen) atoms. The van der Waals surface area contributed by atoms with Crippen molar-refractivity contribution in [3.63, 3.8) is 0 Å². The molecule has 4 N–H and O–H groups in total. The lowest BCUT2D eigenvalue weighted by molar-refractivity contribution is 0.157. The zero-order chi connectivity index (χ0) is 26.4. The molecule has 0 saturated carbocycles. The molecule has 0 bridgehead atoms. The van der Waals surface area contributed by atoms with Crippen molar-refractivity contribution in [1.82, 2.24) is 10.6 Å². The first-order valence-corrected chi connectivity index (χ1v) is 16.5. The lowest BCUT2D eigenvalue weighted by Crippen LogP contribution is -2.27. The van der Waals surface area contributed by atoms with Gasteiger partial charge in [0.15, 0.2) is 0 Å². The van der Waals surface area contributed by atoms with Gasteiger partial charge >= 0.3 is 0 Å². The molecule has 4 nitrogen and oxygen atoms in total. The van der Waals surface area contributed by atoms with E-state index in [2.05, 4.69) is 24.5 Å². The molecule has 218 valence electrons. The Labute approximate surface area is 227 Å². The van der Waals surface area contributed by atoms with Crippen LogP contribution < -0.4 is 10.6 Å². The van der Waals surface area contributed by atoms with Crippen LogP contribution in [0.25, 0.3) is 0 Å². The predicted molar refractivity (Wildman–Crippen MR) is 160 cm³/mol. The van der Waals surface area contributed by atoms with Gasteiger partial charge in [0.2, 0.25) is 0 Å². The lowest BCUT2D eigenvalue weighted by Gasteiger charge is -2.12. The van der Waals surface area contributed by atoms with Crippen LogP contribution in [0, 0.1) is 0 Å². The Bertz CT molecular complexity index is 358. The van der Waals surface area contributed by atoms with Crippen molar-refractivity contribution < 1.29 is 10.2 Å². The van der Waals surface area contributed by atoms with Gasteiger partial charge in [-0.15, -0.1) is 0 Å². The molecule has 0 aromatic heterocycles. The molecule has 0 radical (unpaired) electrons. The van der Waals surface area contributed by atoms with E-state index >= 15 is 0 Å². The molecule has 0 aromatic rings. The number of aliphatic hydroxyl groups is 2. The Hall–Kier alpha value is -0.160. The molecular formula is C32H68N2O2. The average molecular weight is 513 g/mol. The fraction of sp³-hybridized carbons (Fsp3) is 1.00. The molecular weight excluding hydrogens is 444 g/mol. The maximum Gasteiger partial charge on any atom is 0.0664 e. The normalized spacial score (nSPS) is 13.3. The fourth-order valence-electron chi connectivity index (χ4n) is 4.98. The maximum atomic E-state index is 10.1. The summed E-state index contributed by atoms with van der Waals surface area (Å²) in [6.07, 6.45) is 30.4. The smallest absolute Gasteiger partial charge is 0.0664 e. The van der Waals surface area contributed by atoms with Crippen molar-refractivity contribution in [3.8, 4) is 0 Å². The van der Waals surface area contributed by atoms with Crippen LogP contribution in [0.15, 0.2) is 0 Å². The van der Waals surface area contributed by atoms with E-state index in [9.17, 15) is 10.2 Å². The van der Waals surface area contributed by atoms with Crippen LogP contribution >= 0.6 is 0 Å². The van der Waals surface area contributed by atoms with Gasteiger partial charge in [-0.2, -0.15) is 0 Å². The van der Waals surface area contributed by atoms with Crippen molar-refractivity contribution in [2.75, 3.05) is 26.2 Å². The Morgan fingerprint density at radius 2 is 0.667 bits per heavy atom. The van der Waals surface area contributed by atoms with E-state index in [1.165, 1.54) is 141 Å². The summed E-state index contributed by atoms with van der Waals surface area (Å²) in [4.78, 5) is 0. The van der Waals surface area contributed by atoms with E-state index in [-0.39, 0.29) is 12.2 Å². The average Bonchev–Trinajstić information content (AvgIpc) is 2.87. The summed E-state index contributed by atoms with van der Waals surface area (Å²) >= 11 is 0. The van der Waals surface area contributed by atoms with Crippen molar-refractivity contribution >= 4 is 0 Å². The van der Waals surface area contributed by atoms with Crippen LogP contribution in [0.2, 0.25) is 0 Å². The van der Waals surface area contributed by atoms with Gasteiger partial charge in [0.1, 0.15) is 0 Å². The number of hydrogen-bond acceptors (Lipinski definition) is 4. The molecule has 2 unspecified atom stereocenters. The van der Waals surface area contributed by atoms with E-state index in [1.54, 1.807) is 0 Å². The van der Waals surface area contributed by atoms with Crippen LogP contribution in [-0.2, 0) is 0 Å². The number of aliphatic hydroxyl groups excluding tert-OH is 2. The van der Waals surface area contributed by atoms with Crippen LogP contribution in [0.5, 0.6) is 0 Å². The van der Waals surface area contributed by atoms with Crippen molar-refractivity contribution in [2.45, 2.75) is 180 Å². The summed E-state index contributed by atoms with van der Waals surface area (Å²) in [6.45, 7) is 8.12.